The van der Waals surface area contributed by atoms with E-state index in [4.69, 9.17) is 9.88 Å². The summed E-state index contributed by atoms with van der Waals surface area (Å²) in [5.41, 5.74) is 2.33. The minimum absolute atomic E-state index is 0.133. The number of sulfonamides is 1. The molecule has 0 fully saturated rings. The molecule has 0 amide bonds. The van der Waals surface area contributed by atoms with E-state index >= 15 is 0 Å². The van der Waals surface area contributed by atoms with E-state index in [2.05, 4.69) is 15.9 Å². The maximum absolute atomic E-state index is 11.5. The van der Waals surface area contributed by atoms with Crippen LogP contribution in [-0.2, 0) is 16.6 Å². The summed E-state index contributed by atoms with van der Waals surface area (Å²) in [6, 6.07) is 11.0. The second-order valence-electron chi connectivity index (χ2n) is 4.81. The van der Waals surface area contributed by atoms with E-state index in [0.717, 1.165) is 15.6 Å². The lowest BCUT2D eigenvalue weighted by molar-refractivity contribution is 0.303. The van der Waals surface area contributed by atoms with Crippen molar-refractivity contribution in [1.29, 1.82) is 0 Å². The zero-order chi connectivity index (χ0) is 15.6. The molecule has 21 heavy (non-hydrogen) atoms. The molecule has 2 aromatic rings. The minimum atomic E-state index is -3.71. The van der Waals surface area contributed by atoms with Crippen molar-refractivity contribution >= 4 is 26.0 Å². The van der Waals surface area contributed by atoms with Crippen LogP contribution in [0.2, 0.25) is 0 Å². The van der Waals surface area contributed by atoms with Crippen molar-refractivity contribution in [3.8, 4) is 5.75 Å². The van der Waals surface area contributed by atoms with Gasteiger partial charge in [0, 0.05) is 10.0 Å². The van der Waals surface area contributed by atoms with Crippen LogP contribution >= 0.6 is 15.9 Å². The lowest BCUT2D eigenvalue weighted by Gasteiger charge is -2.13. The second kappa shape index (κ2) is 6.17. The van der Waals surface area contributed by atoms with Gasteiger partial charge in [-0.05, 0) is 43.2 Å². The lowest BCUT2D eigenvalue weighted by Crippen LogP contribution is -2.14. The molecule has 0 spiro atoms. The molecule has 0 saturated heterocycles. The quantitative estimate of drug-likeness (QED) is 0.898. The largest absolute Gasteiger partial charge is 0.489 e. The molecule has 0 aliphatic heterocycles. The first-order valence-corrected chi connectivity index (χ1v) is 8.63. The van der Waals surface area contributed by atoms with Gasteiger partial charge >= 0.3 is 0 Å². The number of nitrogens with two attached hydrogens (primary N) is 1. The first-order valence-electron chi connectivity index (χ1n) is 6.29. The summed E-state index contributed by atoms with van der Waals surface area (Å²) in [5.74, 6) is 0.649. The third kappa shape index (κ3) is 3.84. The van der Waals surface area contributed by atoms with E-state index in [0.29, 0.717) is 17.9 Å². The smallest absolute Gasteiger partial charge is 0.238 e. The van der Waals surface area contributed by atoms with Crippen LogP contribution < -0.4 is 9.88 Å². The molecule has 2 aromatic carbocycles. The van der Waals surface area contributed by atoms with Gasteiger partial charge in [0.15, 0.2) is 0 Å². The Hall–Kier alpha value is -1.37. The van der Waals surface area contributed by atoms with Crippen LogP contribution in [0.5, 0.6) is 5.75 Å². The first kappa shape index (κ1) is 16.0. The highest BCUT2D eigenvalue weighted by atomic mass is 79.9. The Kier molecular flexibility index (Phi) is 4.70. The Bertz CT molecular complexity index is 772. The van der Waals surface area contributed by atoms with Crippen LogP contribution in [0.4, 0.5) is 0 Å². The normalized spacial score (nSPS) is 11.4. The Balaban J connectivity index is 2.26. The topological polar surface area (TPSA) is 69.4 Å². The van der Waals surface area contributed by atoms with Crippen molar-refractivity contribution in [3.63, 3.8) is 0 Å². The fourth-order valence-electron chi connectivity index (χ4n) is 2.00. The average molecular weight is 370 g/mol. The van der Waals surface area contributed by atoms with Crippen molar-refractivity contribution in [1.82, 2.24) is 0 Å². The van der Waals surface area contributed by atoms with Gasteiger partial charge in [0.1, 0.15) is 12.4 Å². The molecule has 0 aliphatic rings. The van der Waals surface area contributed by atoms with Crippen molar-refractivity contribution in [2.75, 3.05) is 0 Å². The number of rotatable bonds is 4. The SMILES string of the molecule is Cc1cc(S(N)(=O)=O)c(C)cc1OCc1ccccc1Br. The maximum atomic E-state index is 11.5. The number of hydrogen-bond donors (Lipinski definition) is 1. The summed E-state index contributed by atoms with van der Waals surface area (Å²) < 4.78 is 29.7. The number of primary sulfonamides is 1. The van der Waals surface area contributed by atoms with Crippen LogP contribution in [0.1, 0.15) is 16.7 Å². The molecule has 2 N–H and O–H groups in total. The summed E-state index contributed by atoms with van der Waals surface area (Å²) in [7, 11) is -3.71. The summed E-state index contributed by atoms with van der Waals surface area (Å²) in [6.07, 6.45) is 0. The Morgan fingerprint density at radius 2 is 1.81 bits per heavy atom. The van der Waals surface area contributed by atoms with Gasteiger partial charge in [-0.15, -0.1) is 0 Å². The monoisotopic (exact) mass is 369 g/mol. The van der Waals surface area contributed by atoms with Crippen LogP contribution in [0.25, 0.3) is 0 Å². The van der Waals surface area contributed by atoms with Gasteiger partial charge in [-0.1, -0.05) is 34.1 Å². The fraction of sp³-hybridized carbons (Fsp3) is 0.200. The van der Waals surface area contributed by atoms with Crippen LogP contribution in [0, 0.1) is 13.8 Å². The van der Waals surface area contributed by atoms with Crippen molar-refractivity contribution < 1.29 is 13.2 Å². The van der Waals surface area contributed by atoms with Gasteiger partial charge in [0.05, 0.1) is 4.90 Å². The number of halogens is 1. The number of ether oxygens (including phenoxy) is 1. The highest BCUT2D eigenvalue weighted by Crippen LogP contribution is 2.26. The molecule has 0 unspecified atom stereocenters. The van der Waals surface area contributed by atoms with Crippen LogP contribution in [-0.4, -0.2) is 8.42 Å². The third-order valence-electron chi connectivity index (χ3n) is 3.12. The van der Waals surface area contributed by atoms with E-state index in [1.165, 1.54) is 0 Å². The lowest BCUT2D eigenvalue weighted by atomic mass is 10.1. The molecule has 112 valence electrons. The summed E-state index contributed by atoms with van der Waals surface area (Å²) in [6.45, 7) is 3.89. The zero-order valence-corrected chi connectivity index (χ0v) is 14.2. The zero-order valence-electron chi connectivity index (χ0n) is 11.8. The molecular formula is C15H16BrNO3S. The molecule has 0 saturated carbocycles. The van der Waals surface area contributed by atoms with Crippen molar-refractivity contribution in [3.05, 3.63) is 57.6 Å². The summed E-state index contributed by atoms with van der Waals surface area (Å²) >= 11 is 3.46. The predicted molar refractivity (Wildman–Crippen MR) is 85.8 cm³/mol. The van der Waals surface area contributed by atoms with Gasteiger partial charge in [-0.25, -0.2) is 13.6 Å². The molecule has 6 heteroatoms. The van der Waals surface area contributed by atoms with Gasteiger partial charge < -0.3 is 4.74 Å². The van der Waals surface area contributed by atoms with Crippen molar-refractivity contribution in [2.24, 2.45) is 5.14 Å². The molecule has 0 bridgehead atoms. The molecule has 4 nitrogen and oxygen atoms in total. The van der Waals surface area contributed by atoms with Crippen LogP contribution in [0.15, 0.2) is 45.8 Å². The maximum Gasteiger partial charge on any atom is 0.238 e. The number of aryl methyl sites for hydroxylation is 2. The molecule has 0 heterocycles. The second-order valence-corrected chi connectivity index (χ2v) is 7.19. The molecule has 0 radical (unpaired) electrons. The van der Waals surface area contributed by atoms with E-state index in [-0.39, 0.29) is 4.90 Å². The van der Waals surface area contributed by atoms with Gasteiger partial charge in [-0.2, -0.15) is 0 Å². The van der Waals surface area contributed by atoms with E-state index < -0.39 is 10.0 Å². The third-order valence-corrected chi connectivity index (χ3v) is 4.95. The molecule has 0 atom stereocenters. The number of benzene rings is 2. The average Bonchev–Trinajstić information content (AvgIpc) is 2.39. The van der Waals surface area contributed by atoms with Gasteiger partial charge in [0.25, 0.3) is 0 Å². The summed E-state index contributed by atoms with van der Waals surface area (Å²) in [4.78, 5) is 0.133. The van der Waals surface area contributed by atoms with Crippen LogP contribution in [0.3, 0.4) is 0 Å². The molecule has 0 aliphatic carbocycles. The Labute approximate surface area is 133 Å². The van der Waals surface area contributed by atoms with Crippen molar-refractivity contribution in [2.45, 2.75) is 25.3 Å². The summed E-state index contributed by atoms with van der Waals surface area (Å²) in [5, 5.41) is 5.19. The number of hydrogen-bond acceptors (Lipinski definition) is 3. The molecule has 0 aromatic heterocycles. The van der Waals surface area contributed by atoms with E-state index in [1.54, 1.807) is 26.0 Å². The predicted octanol–water partition coefficient (Wildman–Crippen LogP) is 3.29. The highest BCUT2D eigenvalue weighted by molar-refractivity contribution is 9.10. The molecule has 2 rings (SSSR count). The Morgan fingerprint density at radius 1 is 1.14 bits per heavy atom. The van der Waals surface area contributed by atoms with Gasteiger partial charge in [-0.3, -0.25) is 0 Å². The van der Waals surface area contributed by atoms with E-state index in [1.807, 2.05) is 24.3 Å². The molecular weight excluding hydrogens is 354 g/mol. The first-order chi connectivity index (χ1) is 9.79. The van der Waals surface area contributed by atoms with E-state index in [9.17, 15) is 8.42 Å². The standard InChI is InChI=1S/C15H16BrNO3S/c1-10-8-15(21(17,18)19)11(2)7-14(10)20-9-12-5-3-4-6-13(12)16/h3-8H,9H2,1-2H3,(H2,17,18,19). The minimum Gasteiger partial charge on any atom is -0.489 e. The van der Waals surface area contributed by atoms with Gasteiger partial charge in [0.2, 0.25) is 10.0 Å². The highest BCUT2D eigenvalue weighted by Gasteiger charge is 2.14. The fourth-order valence-corrected chi connectivity index (χ4v) is 3.24. The Morgan fingerprint density at radius 3 is 2.43 bits per heavy atom.